The van der Waals surface area contributed by atoms with Gasteiger partial charge in [0.25, 0.3) is 0 Å². The Hall–Kier alpha value is -3.88. The molecule has 0 atom stereocenters. The molecule has 50 heavy (non-hydrogen) atoms. The van der Waals surface area contributed by atoms with E-state index in [0.717, 1.165) is 29.7 Å². The molecule has 2 heterocycles. The van der Waals surface area contributed by atoms with Crippen LogP contribution in [0.5, 0.6) is 0 Å². The topological polar surface area (TPSA) is 176 Å². The Balaban J connectivity index is 1.36. The second-order valence-corrected chi connectivity index (χ2v) is 17.5. The maximum absolute atomic E-state index is 13.9. The van der Waals surface area contributed by atoms with Gasteiger partial charge in [-0.3, -0.25) is 19.2 Å². The van der Waals surface area contributed by atoms with E-state index in [4.69, 9.17) is 16.2 Å². The third kappa shape index (κ3) is 10.8. The third-order valence-corrected chi connectivity index (χ3v) is 11.7. The number of hydrogen-bond donors (Lipinski definition) is 3. The minimum atomic E-state index is -0.657. The monoisotopic (exact) mass is 723 g/mol. The minimum absolute atomic E-state index is 0.00331. The number of carbonyl (C=O) groups is 4. The maximum Gasteiger partial charge on any atom is 0.239 e. The molecule has 270 valence electrons. The molecule has 0 unspecified atom stereocenters. The fourth-order valence-corrected chi connectivity index (χ4v) is 8.40. The molecule has 0 radical (unpaired) electrons. The van der Waals surface area contributed by atoms with E-state index in [1.807, 2.05) is 76.2 Å². The highest BCUT2D eigenvalue weighted by atomic mass is 33.1. The number of benzene rings is 2. The van der Waals surface area contributed by atoms with E-state index in [9.17, 15) is 19.2 Å². The smallest absolute Gasteiger partial charge is 0.239 e. The number of fused-ring (bicyclic) bond motifs is 5. The highest BCUT2D eigenvalue weighted by Crippen LogP contribution is 2.42. The van der Waals surface area contributed by atoms with Crippen molar-refractivity contribution in [2.45, 2.75) is 103 Å². The summed E-state index contributed by atoms with van der Waals surface area (Å²) in [4.78, 5) is 51.7. The number of primary amides is 2. The van der Waals surface area contributed by atoms with Gasteiger partial charge in [0.2, 0.25) is 23.6 Å². The largest absolute Gasteiger partial charge is 0.373 e. The van der Waals surface area contributed by atoms with Crippen LogP contribution in [0.2, 0.25) is 0 Å². The summed E-state index contributed by atoms with van der Waals surface area (Å²) < 4.78 is 7.70. The van der Waals surface area contributed by atoms with Crippen molar-refractivity contribution < 1.29 is 23.9 Å². The molecule has 4 amide bonds. The molecule has 3 aromatic rings. The van der Waals surface area contributed by atoms with E-state index in [0.29, 0.717) is 35.7 Å². The number of hydrogen-bond acceptors (Lipinski definition) is 9. The Bertz CT molecular complexity index is 1710. The number of nitrogens with two attached hydrogens (primary N) is 2. The van der Waals surface area contributed by atoms with Crippen molar-refractivity contribution in [1.82, 2.24) is 20.3 Å². The van der Waals surface area contributed by atoms with Crippen LogP contribution < -0.4 is 21.7 Å². The van der Waals surface area contributed by atoms with Gasteiger partial charge in [0.1, 0.15) is 12.2 Å². The molecule has 1 aliphatic rings. The highest BCUT2D eigenvalue weighted by Gasteiger charge is 2.31. The van der Waals surface area contributed by atoms with Gasteiger partial charge in [-0.2, -0.15) is 0 Å². The van der Waals surface area contributed by atoms with Crippen molar-refractivity contribution in [2.24, 2.45) is 11.5 Å². The van der Waals surface area contributed by atoms with Crippen LogP contribution in [0.1, 0.15) is 79.2 Å². The second-order valence-electron chi connectivity index (χ2n) is 14.4. The molecule has 0 fully saturated rings. The molecule has 12 nitrogen and oxygen atoms in total. The zero-order chi connectivity index (χ0) is 36.7. The number of amides is 4. The molecule has 1 aliphatic heterocycles. The molecule has 1 aromatic heterocycles. The molecule has 5 N–H and O–H groups in total. The Morgan fingerprint density at radius 3 is 2.26 bits per heavy atom. The van der Waals surface area contributed by atoms with Gasteiger partial charge in [0.05, 0.1) is 35.7 Å². The van der Waals surface area contributed by atoms with E-state index in [2.05, 4.69) is 29.5 Å². The molecule has 14 heteroatoms. The summed E-state index contributed by atoms with van der Waals surface area (Å²) in [5, 5.41) is 11.7. The quantitative estimate of drug-likeness (QED) is 0.124. The van der Waals surface area contributed by atoms with Gasteiger partial charge in [-0.05, 0) is 66.0 Å². The van der Waals surface area contributed by atoms with Crippen molar-refractivity contribution in [2.75, 3.05) is 17.3 Å². The van der Waals surface area contributed by atoms with Crippen LogP contribution in [0.3, 0.4) is 0 Å². The molecule has 0 saturated carbocycles. The van der Waals surface area contributed by atoms with Crippen molar-refractivity contribution in [3.8, 4) is 22.5 Å². The summed E-state index contributed by atoms with van der Waals surface area (Å²) in [6, 6.07) is 15.0. The van der Waals surface area contributed by atoms with E-state index in [-0.39, 0.29) is 48.4 Å². The average Bonchev–Trinajstić information content (AvgIpc) is 3.44. The maximum atomic E-state index is 13.9. The van der Waals surface area contributed by atoms with Gasteiger partial charge in [-0.1, -0.05) is 69.3 Å². The van der Waals surface area contributed by atoms with Gasteiger partial charge < -0.3 is 26.4 Å². The van der Waals surface area contributed by atoms with Gasteiger partial charge in [0.15, 0.2) is 0 Å². The standard InChI is InChI=1S/C36H49N7O5S2/c1-34(2,23-48-35(3,4)19-20-49-50-36(5,6)18-17-28(37)44)39-30(46)15-16-31(47)42-21-24-11-7-8-12-25(24)33-32(26-13-9-10-14-27(26)42)40-41-43(33)22-29(38)45/h7-14H,15-23H2,1-6H3,(H2,37,44)(H2,38,45)(H,39,46). The summed E-state index contributed by atoms with van der Waals surface area (Å²) in [5.74, 6) is -0.409. The lowest BCUT2D eigenvalue weighted by Crippen LogP contribution is -2.49. The molecular formula is C36H49N7O5S2. The first-order chi connectivity index (χ1) is 23.5. The van der Waals surface area contributed by atoms with Crippen LogP contribution in [0.25, 0.3) is 22.5 Å². The zero-order valence-corrected chi connectivity index (χ0v) is 31.4. The number of nitrogens with one attached hydrogen (secondary N) is 1. The Kier molecular flexibility index (Phi) is 12.8. The summed E-state index contributed by atoms with van der Waals surface area (Å²) >= 11 is 0. The van der Waals surface area contributed by atoms with Crippen LogP contribution in [0.15, 0.2) is 48.5 Å². The molecule has 0 spiro atoms. The van der Waals surface area contributed by atoms with Crippen LogP contribution in [-0.2, 0) is 37.0 Å². The number of carbonyl (C=O) groups excluding carboxylic acids is 4. The van der Waals surface area contributed by atoms with Gasteiger partial charge >= 0.3 is 0 Å². The summed E-state index contributed by atoms with van der Waals surface area (Å²) in [5.41, 5.74) is 13.9. The third-order valence-electron chi connectivity index (χ3n) is 8.31. The first kappa shape index (κ1) is 38.9. The number of nitrogens with zero attached hydrogens (tertiary/aromatic N) is 4. The second kappa shape index (κ2) is 16.4. The van der Waals surface area contributed by atoms with E-state index in [1.165, 1.54) is 4.68 Å². The van der Waals surface area contributed by atoms with Crippen LogP contribution in [0.4, 0.5) is 5.69 Å². The van der Waals surface area contributed by atoms with Crippen molar-refractivity contribution >= 4 is 50.9 Å². The molecule has 4 rings (SSSR count). The fraction of sp³-hybridized carbons (Fsp3) is 0.500. The van der Waals surface area contributed by atoms with Gasteiger partial charge in [0, 0.05) is 40.9 Å². The number of aromatic nitrogens is 3. The van der Waals surface area contributed by atoms with Crippen LogP contribution in [-0.4, -0.2) is 66.9 Å². The molecule has 2 aromatic carbocycles. The SMILES string of the molecule is CC(C)(COC(C)(C)CCSSC(C)(C)CCC(N)=O)NC(=O)CCC(=O)N1Cc2ccccc2-c2c(nnn2CC(N)=O)-c2ccccc21. The predicted molar refractivity (Wildman–Crippen MR) is 200 cm³/mol. The molecular weight excluding hydrogens is 675 g/mol. The normalized spacial score (nSPS) is 13.0. The lowest BCUT2D eigenvalue weighted by Gasteiger charge is -2.33. The van der Waals surface area contributed by atoms with Gasteiger partial charge in [-0.15, -0.1) is 5.10 Å². The predicted octanol–water partition coefficient (Wildman–Crippen LogP) is 5.23. The molecule has 0 aliphatic carbocycles. The lowest BCUT2D eigenvalue weighted by atomic mass is 9.95. The first-order valence-corrected chi connectivity index (χ1v) is 19.0. The Morgan fingerprint density at radius 1 is 0.880 bits per heavy atom. The van der Waals surface area contributed by atoms with E-state index >= 15 is 0 Å². The lowest BCUT2D eigenvalue weighted by molar-refractivity contribution is -0.127. The first-order valence-electron chi connectivity index (χ1n) is 16.7. The summed E-state index contributed by atoms with van der Waals surface area (Å²) in [7, 11) is 3.50. The minimum Gasteiger partial charge on any atom is -0.373 e. The van der Waals surface area contributed by atoms with Crippen LogP contribution in [0, 0.1) is 0 Å². The summed E-state index contributed by atoms with van der Waals surface area (Å²) in [6.45, 7) is 12.5. The van der Waals surface area contributed by atoms with Crippen molar-refractivity contribution in [3.05, 3.63) is 54.1 Å². The van der Waals surface area contributed by atoms with Crippen LogP contribution >= 0.6 is 21.6 Å². The van der Waals surface area contributed by atoms with Gasteiger partial charge in [-0.25, -0.2) is 4.68 Å². The Morgan fingerprint density at radius 2 is 1.56 bits per heavy atom. The van der Waals surface area contributed by atoms with E-state index < -0.39 is 17.0 Å². The zero-order valence-electron chi connectivity index (χ0n) is 29.8. The number of rotatable bonds is 17. The fourth-order valence-electron chi connectivity index (χ4n) is 5.53. The molecule has 0 bridgehead atoms. The average molecular weight is 724 g/mol. The number of para-hydroxylation sites is 1. The van der Waals surface area contributed by atoms with Crippen molar-refractivity contribution in [1.29, 1.82) is 0 Å². The highest BCUT2D eigenvalue weighted by molar-refractivity contribution is 8.77. The number of ether oxygens (including phenoxy) is 1. The number of anilines is 1. The van der Waals surface area contributed by atoms with E-state index in [1.54, 1.807) is 26.5 Å². The van der Waals surface area contributed by atoms with Crippen molar-refractivity contribution in [3.63, 3.8) is 0 Å². The summed E-state index contributed by atoms with van der Waals surface area (Å²) in [6.07, 6.45) is 1.90. The Labute approximate surface area is 302 Å². The molecule has 0 saturated heterocycles.